The van der Waals surface area contributed by atoms with E-state index < -0.39 is 11.9 Å². The third-order valence-corrected chi connectivity index (χ3v) is 6.72. The Morgan fingerprint density at radius 1 is 1.00 bits per heavy atom. The van der Waals surface area contributed by atoms with E-state index in [0.717, 1.165) is 30.6 Å². The van der Waals surface area contributed by atoms with Crippen molar-refractivity contribution in [1.29, 1.82) is 0 Å². The minimum atomic E-state index is -0.532. The van der Waals surface area contributed by atoms with Gasteiger partial charge in [-0.05, 0) is 71.3 Å². The van der Waals surface area contributed by atoms with Gasteiger partial charge in [-0.25, -0.2) is 9.59 Å². The van der Waals surface area contributed by atoms with E-state index in [2.05, 4.69) is 5.32 Å². The number of esters is 2. The Morgan fingerprint density at radius 2 is 1.64 bits per heavy atom. The molecule has 1 aromatic heterocycles. The van der Waals surface area contributed by atoms with Gasteiger partial charge in [-0.3, -0.25) is 4.79 Å². The zero-order valence-corrected chi connectivity index (χ0v) is 18.0. The van der Waals surface area contributed by atoms with Crippen LogP contribution in [0.1, 0.15) is 79.0 Å². The van der Waals surface area contributed by atoms with E-state index in [1.807, 2.05) is 0 Å². The number of thiophene rings is 1. The number of ether oxygens (including phenoxy) is 2. The molecule has 3 atom stereocenters. The molecule has 0 aromatic carbocycles. The number of anilines is 1. The van der Waals surface area contributed by atoms with Crippen LogP contribution in [-0.4, -0.2) is 30.1 Å². The van der Waals surface area contributed by atoms with Gasteiger partial charge in [-0.2, -0.15) is 0 Å². The van der Waals surface area contributed by atoms with Gasteiger partial charge in [0.15, 0.2) is 0 Å². The molecule has 2 aliphatic carbocycles. The van der Waals surface area contributed by atoms with Crippen LogP contribution in [0.15, 0.2) is 0 Å². The fraction of sp³-hybridized carbons (Fsp3) is 0.667. The first-order chi connectivity index (χ1) is 13.2. The summed E-state index contributed by atoms with van der Waals surface area (Å²) in [5.74, 6) is -0.0144. The second-order valence-corrected chi connectivity index (χ2v) is 9.46. The number of hydrogen-bond donors (Lipinski definition) is 1. The molecule has 3 unspecified atom stereocenters. The van der Waals surface area contributed by atoms with Gasteiger partial charge in [0.25, 0.3) is 0 Å². The molecule has 7 heteroatoms. The van der Waals surface area contributed by atoms with E-state index in [1.165, 1.54) is 6.42 Å². The summed E-state index contributed by atoms with van der Waals surface area (Å²) in [6.07, 6.45) is 3.77. The minimum Gasteiger partial charge on any atom is -0.459 e. The average Bonchev–Trinajstić information content (AvgIpc) is 3.27. The van der Waals surface area contributed by atoms with E-state index in [9.17, 15) is 14.4 Å². The van der Waals surface area contributed by atoms with E-state index in [4.69, 9.17) is 9.47 Å². The monoisotopic (exact) mass is 407 g/mol. The summed E-state index contributed by atoms with van der Waals surface area (Å²) in [6.45, 7) is 8.76. The number of nitrogens with one attached hydrogen (secondary N) is 1. The maximum atomic E-state index is 12.9. The molecule has 1 heterocycles. The molecule has 2 bridgehead atoms. The van der Waals surface area contributed by atoms with Crippen molar-refractivity contribution in [2.75, 3.05) is 5.32 Å². The summed E-state index contributed by atoms with van der Waals surface area (Å²) in [7, 11) is 0. The summed E-state index contributed by atoms with van der Waals surface area (Å²) in [6, 6.07) is 0. The van der Waals surface area contributed by atoms with Crippen LogP contribution >= 0.6 is 11.3 Å². The Labute approximate surface area is 170 Å². The van der Waals surface area contributed by atoms with Gasteiger partial charge >= 0.3 is 11.9 Å². The summed E-state index contributed by atoms with van der Waals surface area (Å²) >= 11 is 1.09. The van der Waals surface area contributed by atoms with Crippen molar-refractivity contribution in [1.82, 2.24) is 0 Å². The van der Waals surface area contributed by atoms with E-state index in [1.54, 1.807) is 34.6 Å². The predicted octanol–water partition coefficient (Wildman–Crippen LogP) is 4.56. The smallest absolute Gasteiger partial charge is 0.348 e. The number of carbonyl (C=O) groups excluding carboxylic acids is 3. The van der Waals surface area contributed by atoms with Crippen molar-refractivity contribution < 1.29 is 23.9 Å². The highest BCUT2D eigenvalue weighted by Crippen LogP contribution is 2.49. The lowest BCUT2D eigenvalue weighted by atomic mass is 9.88. The first-order valence-electron chi connectivity index (χ1n) is 10.0. The Hall–Kier alpha value is -1.89. The molecule has 2 saturated carbocycles. The zero-order chi connectivity index (χ0) is 20.6. The van der Waals surface area contributed by atoms with Gasteiger partial charge in [0.05, 0.1) is 17.8 Å². The number of fused-ring (bicyclic) bond motifs is 2. The van der Waals surface area contributed by atoms with Crippen molar-refractivity contribution in [3.8, 4) is 0 Å². The van der Waals surface area contributed by atoms with Crippen LogP contribution in [-0.2, 0) is 14.3 Å². The number of rotatable bonds is 6. The number of amides is 1. The van der Waals surface area contributed by atoms with Gasteiger partial charge in [0.1, 0.15) is 9.88 Å². The van der Waals surface area contributed by atoms with Crippen molar-refractivity contribution in [3.63, 3.8) is 0 Å². The van der Waals surface area contributed by atoms with Crippen LogP contribution in [0.4, 0.5) is 5.00 Å². The fourth-order valence-electron chi connectivity index (χ4n) is 4.35. The summed E-state index contributed by atoms with van der Waals surface area (Å²) < 4.78 is 10.7. The van der Waals surface area contributed by atoms with Crippen molar-refractivity contribution in [2.24, 2.45) is 17.8 Å². The molecular weight excluding hydrogens is 378 g/mol. The maximum absolute atomic E-state index is 12.9. The lowest BCUT2D eigenvalue weighted by Gasteiger charge is -2.20. The second-order valence-electron chi connectivity index (χ2n) is 8.44. The van der Waals surface area contributed by atoms with E-state index >= 15 is 0 Å². The lowest BCUT2D eigenvalue weighted by molar-refractivity contribution is -0.121. The van der Waals surface area contributed by atoms with Gasteiger partial charge in [-0.15, -0.1) is 11.3 Å². The minimum absolute atomic E-state index is 0.0128. The molecule has 2 fully saturated rings. The Bertz CT molecular complexity index is 782. The molecule has 1 N–H and O–H groups in total. The van der Waals surface area contributed by atoms with Crippen molar-refractivity contribution in [2.45, 2.75) is 72.5 Å². The molecule has 6 nitrogen and oxygen atoms in total. The highest BCUT2D eigenvalue weighted by molar-refractivity contribution is 7.18. The van der Waals surface area contributed by atoms with Crippen molar-refractivity contribution in [3.05, 3.63) is 16.0 Å². The Morgan fingerprint density at radius 3 is 2.18 bits per heavy atom. The van der Waals surface area contributed by atoms with E-state index in [-0.39, 0.29) is 29.6 Å². The molecule has 1 aromatic rings. The average molecular weight is 408 g/mol. The lowest BCUT2D eigenvalue weighted by Crippen LogP contribution is -2.27. The predicted molar refractivity (Wildman–Crippen MR) is 108 cm³/mol. The summed E-state index contributed by atoms with van der Waals surface area (Å²) in [4.78, 5) is 38.3. The van der Waals surface area contributed by atoms with E-state index in [0.29, 0.717) is 27.3 Å². The maximum Gasteiger partial charge on any atom is 0.348 e. The van der Waals surface area contributed by atoms with Crippen LogP contribution in [0.3, 0.4) is 0 Å². The quantitative estimate of drug-likeness (QED) is 0.699. The number of hydrogen-bond acceptors (Lipinski definition) is 6. The van der Waals surface area contributed by atoms with Crippen LogP contribution < -0.4 is 5.32 Å². The molecule has 1 amide bonds. The van der Waals surface area contributed by atoms with Gasteiger partial charge in [0, 0.05) is 5.92 Å². The Balaban J connectivity index is 1.88. The summed E-state index contributed by atoms with van der Waals surface area (Å²) in [5.41, 5.74) is 0.746. The normalized spacial score (nSPS) is 23.3. The largest absolute Gasteiger partial charge is 0.459 e. The molecule has 154 valence electrons. The molecule has 0 radical (unpaired) electrons. The molecule has 0 saturated heterocycles. The highest BCUT2D eigenvalue weighted by atomic mass is 32.1. The second kappa shape index (κ2) is 8.23. The first kappa shape index (κ1) is 20.8. The fourth-order valence-corrected chi connectivity index (χ4v) is 5.43. The number of carbonyl (C=O) groups is 3. The molecule has 0 aliphatic heterocycles. The SMILES string of the molecule is Cc1c(C(=O)OC(C)C)sc(NC(=O)C2CC3CCC2C3)c1C(=O)OC(C)C. The van der Waals surface area contributed by atoms with Crippen LogP contribution in [0, 0.1) is 24.7 Å². The molecule has 3 rings (SSSR count). The van der Waals surface area contributed by atoms with Gasteiger partial charge in [0.2, 0.25) is 5.91 Å². The van der Waals surface area contributed by atoms with Gasteiger partial charge in [-0.1, -0.05) is 6.42 Å². The first-order valence-corrected chi connectivity index (χ1v) is 10.8. The molecule has 28 heavy (non-hydrogen) atoms. The third kappa shape index (κ3) is 4.24. The summed E-state index contributed by atoms with van der Waals surface area (Å²) in [5, 5.41) is 3.31. The van der Waals surface area contributed by atoms with Crippen LogP contribution in [0.5, 0.6) is 0 Å². The van der Waals surface area contributed by atoms with Gasteiger partial charge < -0.3 is 14.8 Å². The molecular formula is C21H29NO5S. The van der Waals surface area contributed by atoms with Crippen LogP contribution in [0.25, 0.3) is 0 Å². The third-order valence-electron chi connectivity index (χ3n) is 5.53. The molecule has 2 aliphatic rings. The zero-order valence-electron chi connectivity index (χ0n) is 17.2. The Kier molecular flexibility index (Phi) is 6.12. The van der Waals surface area contributed by atoms with Crippen molar-refractivity contribution >= 4 is 34.2 Å². The molecule has 0 spiro atoms. The topological polar surface area (TPSA) is 81.7 Å². The standard InChI is InChI=1S/C21H29NO5S/c1-10(2)26-20(24)16-12(5)17(21(25)27-11(3)4)28-19(16)22-18(23)15-9-13-6-7-14(15)8-13/h10-11,13-15H,6-9H2,1-5H3,(H,22,23). The van der Waals surface area contributed by atoms with Crippen LogP contribution in [0.2, 0.25) is 0 Å². The highest BCUT2D eigenvalue weighted by Gasteiger charge is 2.43.